The third kappa shape index (κ3) is 4.38. The van der Waals surface area contributed by atoms with Crippen LogP contribution in [-0.2, 0) is 4.74 Å². The fraction of sp³-hybridized carbons (Fsp3) is 0.200. The number of ether oxygens (including phenoxy) is 1. The summed E-state index contributed by atoms with van der Waals surface area (Å²) in [6, 6.07) is 13.1. The van der Waals surface area contributed by atoms with Gasteiger partial charge in [0.05, 0.1) is 24.1 Å². The molecule has 1 aromatic heterocycles. The number of aryl methyl sites for hydroxylation is 2. The molecule has 3 rings (SSSR count). The number of aromatic nitrogens is 3. The summed E-state index contributed by atoms with van der Waals surface area (Å²) >= 11 is 0. The Labute approximate surface area is 157 Å². The molecule has 3 aromatic rings. The zero-order valence-electron chi connectivity index (χ0n) is 15.5. The van der Waals surface area contributed by atoms with Crippen LogP contribution >= 0.6 is 0 Å². The van der Waals surface area contributed by atoms with E-state index in [4.69, 9.17) is 4.74 Å². The Hall–Kier alpha value is -3.48. The Kier molecular flexibility index (Phi) is 5.61. The number of hydrogen-bond donors (Lipinski definition) is 2. The summed E-state index contributed by atoms with van der Waals surface area (Å²) in [6.07, 6.45) is 1.55. The van der Waals surface area contributed by atoms with Crippen LogP contribution in [0.1, 0.15) is 28.4 Å². The van der Waals surface area contributed by atoms with Crippen molar-refractivity contribution in [3.63, 3.8) is 0 Å². The molecule has 2 N–H and O–H groups in total. The number of para-hydroxylation sites is 2. The van der Waals surface area contributed by atoms with Crippen molar-refractivity contribution in [1.82, 2.24) is 15.2 Å². The predicted octanol–water partition coefficient (Wildman–Crippen LogP) is 4.15. The van der Waals surface area contributed by atoms with Crippen molar-refractivity contribution < 1.29 is 9.53 Å². The molecule has 0 spiro atoms. The zero-order chi connectivity index (χ0) is 19.2. The van der Waals surface area contributed by atoms with Crippen molar-refractivity contribution in [2.45, 2.75) is 20.8 Å². The van der Waals surface area contributed by atoms with Gasteiger partial charge in [0.15, 0.2) is 5.82 Å². The first-order valence-electron chi connectivity index (χ1n) is 8.64. The number of carbonyl (C=O) groups excluding carboxylic acids is 1. The first kappa shape index (κ1) is 18.3. The Morgan fingerprint density at radius 1 is 1.04 bits per heavy atom. The highest BCUT2D eigenvalue weighted by Gasteiger charge is 2.13. The van der Waals surface area contributed by atoms with Gasteiger partial charge < -0.3 is 15.4 Å². The second-order valence-electron chi connectivity index (χ2n) is 5.95. The Morgan fingerprint density at radius 3 is 2.52 bits per heavy atom. The average Bonchev–Trinajstić information content (AvgIpc) is 2.66. The summed E-state index contributed by atoms with van der Waals surface area (Å²) in [5, 5.41) is 14.3. The monoisotopic (exact) mass is 363 g/mol. The van der Waals surface area contributed by atoms with Crippen LogP contribution in [0.25, 0.3) is 0 Å². The largest absolute Gasteiger partial charge is 0.462 e. The lowest BCUT2D eigenvalue weighted by molar-refractivity contribution is 0.0527. The molecule has 0 saturated heterocycles. The molecule has 1 heterocycles. The third-order valence-corrected chi connectivity index (χ3v) is 3.96. The van der Waals surface area contributed by atoms with E-state index < -0.39 is 5.97 Å². The lowest BCUT2D eigenvalue weighted by Crippen LogP contribution is -2.09. The number of rotatable bonds is 6. The van der Waals surface area contributed by atoms with Gasteiger partial charge in [0.1, 0.15) is 0 Å². The molecule has 0 aliphatic rings. The molecular formula is C20H21N5O2. The van der Waals surface area contributed by atoms with Crippen LogP contribution in [0.3, 0.4) is 0 Å². The van der Waals surface area contributed by atoms with Crippen LogP contribution in [0.15, 0.2) is 48.7 Å². The Bertz CT molecular complexity index is 938. The molecule has 0 fully saturated rings. The molecule has 0 atom stereocenters. The van der Waals surface area contributed by atoms with Crippen molar-refractivity contribution in [2.75, 3.05) is 17.2 Å². The minimum atomic E-state index is -0.404. The lowest BCUT2D eigenvalue weighted by atomic mass is 10.1. The molecule has 0 saturated carbocycles. The third-order valence-electron chi connectivity index (χ3n) is 3.96. The van der Waals surface area contributed by atoms with E-state index in [-0.39, 0.29) is 5.95 Å². The van der Waals surface area contributed by atoms with Crippen molar-refractivity contribution >= 4 is 29.1 Å². The fourth-order valence-electron chi connectivity index (χ4n) is 2.66. The molecule has 0 unspecified atom stereocenters. The molecule has 0 amide bonds. The van der Waals surface area contributed by atoms with E-state index in [9.17, 15) is 4.79 Å². The number of benzene rings is 2. The van der Waals surface area contributed by atoms with Gasteiger partial charge in [-0.3, -0.25) is 0 Å². The highest BCUT2D eigenvalue weighted by Crippen LogP contribution is 2.24. The maximum Gasteiger partial charge on any atom is 0.340 e. The summed E-state index contributed by atoms with van der Waals surface area (Å²) in [4.78, 5) is 16.6. The van der Waals surface area contributed by atoms with Crippen LogP contribution < -0.4 is 10.6 Å². The van der Waals surface area contributed by atoms with Gasteiger partial charge in [-0.25, -0.2) is 4.79 Å². The minimum Gasteiger partial charge on any atom is -0.462 e. The van der Waals surface area contributed by atoms with Crippen LogP contribution in [0.2, 0.25) is 0 Å². The second-order valence-corrected chi connectivity index (χ2v) is 5.95. The van der Waals surface area contributed by atoms with Gasteiger partial charge in [-0.05, 0) is 44.0 Å². The molecule has 2 aromatic carbocycles. The highest BCUT2D eigenvalue weighted by atomic mass is 16.5. The number of esters is 1. The molecular weight excluding hydrogens is 342 g/mol. The van der Waals surface area contributed by atoms with Gasteiger partial charge in [0.25, 0.3) is 0 Å². The number of nitrogens with one attached hydrogen (secondary N) is 2. The summed E-state index contributed by atoms with van der Waals surface area (Å²) in [5.74, 6) is 0.430. The molecule has 0 aliphatic carbocycles. The van der Waals surface area contributed by atoms with Crippen molar-refractivity contribution in [3.8, 4) is 0 Å². The average molecular weight is 363 g/mol. The van der Waals surface area contributed by atoms with Gasteiger partial charge in [-0.15, -0.1) is 5.10 Å². The number of anilines is 4. The second kappa shape index (κ2) is 8.27. The Balaban J connectivity index is 1.84. The standard InChI is InChI=1S/C20H21N5O2/c1-4-27-19(26)15-10-5-6-11-16(15)22-20-24-17(12-21-25-20)23-18-13(2)8-7-9-14(18)3/h5-12H,4H2,1-3H3,(H2,22,23,24,25). The van der Waals surface area contributed by atoms with E-state index in [0.717, 1.165) is 16.8 Å². The van der Waals surface area contributed by atoms with Gasteiger partial charge in [-0.1, -0.05) is 30.3 Å². The number of nitrogens with zero attached hydrogens (tertiary/aromatic N) is 3. The molecule has 0 aliphatic heterocycles. The maximum atomic E-state index is 12.1. The van der Waals surface area contributed by atoms with Gasteiger partial charge in [0, 0.05) is 5.69 Å². The molecule has 27 heavy (non-hydrogen) atoms. The quantitative estimate of drug-likeness (QED) is 0.636. The predicted molar refractivity (Wildman–Crippen MR) is 105 cm³/mol. The first-order valence-corrected chi connectivity index (χ1v) is 8.64. The zero-order valence-corrected chi connectivity index (χ0v) is 15.5. The van der Waals surface area contributed by atoms with Crippen LogP contribution in [0.4, 0.5) is 23.1 Å². The fourth-order valence-corrected chi connectivity index (χ4v) is 2.66. The van der Waals surface area contributed by atoms with Crippen LogP contribution in [0, 0.1) is 13.8 Å². The van der Waals surface area contributed by atoms with E-state index in [2.05, 4.69) is 25.8 Å². The lowest BCUT2D eigenvalue weighted by Gasteiger charge is -2.13. The van der Waals surface area contributed by atoms with E-state index in [1.54, 1.807) is 31.3 Å². The topological polar surface area (TPSA) is 89.0 Å². The minimum absolute atomic E-state index is 0.281. The van der Waals surface area contributed by atoms with Crippen LogP contribution in [0.5, 0.6) is 0 Å². The highest BCUT2D eigenvalue weighted by molar-refractivity contribution is 5.96. The van der Waals surface area contributed by atoms with E-state index >= 15 is 0 Å². The number of hydrogen-bond acceptors (Lipinski definition) is 7. The smallest absolute Gasteiger partial charge is 0.340 e. The van der Waals surface area contributed by atoms with Crippen molar-refractivity contribution in [2.24, 2.45) is 0 Å². The van der Waals surface area contributed by atoms with Crippen molar-refractivity contribution in [1.29, 1.82) is 0 Å². The number of carbonyl (C=O) groups is 1. The molecule has 138 valence electrons. The van der Waals surface area contributed by atoms with Crippen molar-refractivity contribution in [3.05, 3.63) is 65.4 Å². The summed E-state index contributed by atoms with van der Waals surface area (Å²) in [5.41, 5.74) is 4.17. The summed E-state index contributed by atoms with van der Waals surface area (Å²) in [7, 11) is 0. The molecule has 0 radical (unpaired) electrons. The van der Waals surface area contributed by atoms with E-state index in [1.165, 1.54) is 0 Å². The van der Waals surface area contributed by atoms with E-state index in [0.29, 0.717) is 23.7 Å². The maximum absolute atomic E-state index is 12.1. The van der Waals surface area contributed by atoms with Gasteiger partial charge in [0.2, 0.25) is 5.95 Å². The molecule has 7 nitrogen and oxygen atoms in total. The van der Waals surface area contributed by atoms with Gasteiger partial charge >= 0.3 is 5.97 Å². The SMILES string of the molecule is CCOC(=O)c1ccccc1Nc1nncc(Nc2c(C)cccc2C)n1. The normalized spacial score (nSPS) is 10.3. The van der Waals surface area contributed by atoms with E-state index in [1.807, 2.05) is 38.1 Å². The van der Waals surface area contributed by atoms with Crippen LogP contribution in [-0.4, -0.2) is 27.8 Å². The first-order chi connectivity index (χ1) is 13.1. The summed E-state index contributed by atoms with van der Waals surface area (Å²) < 4.78 is 5.09. The van der Waals surface area contributed by atoms with Gasteiger partial charge in [-0.2, -0.15) is 10.1 Å². The summed E-state index contributed by atoms with van der Waals surface area (Å²) in [6.45, 7) is 6.13. The Morgan fingerprint density at radius 2 is 1.78 bits per heavy atom. The molecule has 0 bridgehead atoms. The molecule has 7 heteroatoms.